The fraction of sp³-hybridized carbons (Fsp3) is 0.571. The van der Waals surface area contributed by atoms with Crippen molar-refractivity contribution in [1.82, 2.24) is 9.88 Å². The van der Waals surface area contributed by atoms with Crippen molar-refractivity contribution in [2.45, 2.75) is 38.3 Å². The lowest BCUT2D eigenvalue weighted by Crippen LogP contribution is -2.48. The molecule has 1 amide bonds. The number of hydrogen-bond acceptors (Lipinski definition) is 4. The summed E-state index contributed by atoms with van der Waals surface area (Å²) in [6.45, 7) is 3.18. The second-order valence-corrected chi connectivity index (χ2v) is 4.97. The minimum absolute atomic E-state index is 0. The summed E-state index contributed by atoms with van der Waals surface area (Å²) in [5.41, 5.74) is 5.75. The topological polar surface area (TPSA) is 68.5 Å². The van der Waals surface area contributed by atoms with E-state index < -0.39 is 6.04 Å². The van der Waals surface area contributed by atoms with Crippen molar-refractivity contribution in [3.63, 3.8) is 0 Å². The van der Waals surface area contributed by atoms with E-state index in [1.54, 1.807) is 4.90 Å². The van der Waals surface area contributed by atoms with E-state index in [0.717, 1.165) is 19.0 Å². The Kier molecular flexibility index (Phi) is 9.32. The molecule has 0 saturated carbocycles. The number of amides is 1. The van der Waals surface area contributed by atoms with Gasteiger partial charge in [0.05, 0.1) is 12.2 Å². The summed E-state index contributed by atoms with van der Waals surface area (Å²) in [5.74, 6) is 0.0404. The molecule has 126 valence electrons. The highest BCUT2D eigenvalue weighted by molar-refractivity contribution is 5.85. The van der Waals surface area contributed by atoms with Crippen LogP contribution in [-0.2, 0) is 4.79 Å². The molecule has 0 bridgehead atoms. The van der Waals surface area contributed by atoms with Crippen molar-refractivity contribution in [2.24, 2.45) is 5.73 Å². The van der Waals surface area contributed by atoms with Crippen LogP contribution < -0.4 is 10.5 Å². The van der Waals surface area contributed by atoms with Crippen LogP contribution in [0.3, 0.4) is 0 Å². The van der Waals surface area contributed by atoms with E-state index in [2.05, 4.69) is 4.98 Å². The average molecular weight is 354 g/mol. The third-order valence-electron chi connectivity index (χ3n) is 3.50. The van der Waals surface area contributed by atoms with Gasteiger partial charge in [-0.3, -0.25) is 4.79 Å². The highest BCUT2D eigenvalue weighted by Crippen LogP contribution is 2.18. The molecule has 0 radical (unpaired) electrons. The minimum atomic E-state index is -0.411. The van der Waals surface area contributed by atoms with E-state index in [0.29, 0.717) is 25.4 Å². The van der Waals surface area contributed by atoms with Crippen LogP contribution in [0.2, 0.25) is 0 Å². The summed E-state index contributed by atoms with van der Waals surface area (Å²) in [6.07, 6.45) is 3.26. The molecule has 1 aromatic heterocycles. The number of likely N-dealkylation sites (tertiary alicyclic amines) is 1. The first-order valence-electron chi connectivity index (χ1n) is 6.92. The SMILES string of the molecule is CC[C@H](N)C(=O)N1CCC(Oc2ccc(F)cn2)CC1.Cl.Cl. The number of rotatable bonds is 4. The monoisotopic (exact) mass is 353 g/mol. The van der Waals surface area contributed by atoms with Crippen molar-refractivity contribution in [2.75, 3.05) is 13.1 Å². The van der Waals surface area contributed by atoms with Gasteiger partial charge in [0.2, 0.25) is 11.8 Å². The predicted octanol–water partition coefficient (Wildman–Crippen LogP) is 2.17. The molecule has 0 aromatic carbocycles. The molecule has 0 spiro atoms. The summed E-state index contributed by atoms with van der Waals surface area (Å²) in [6, 6.07) is 2.42. The molecule has 1 aliphatic rings. The normalized spacial score (nSPS) is 16.2. The molecule has 2 heterocycles. The van der Waals surface area contributed by atoms with E-state index in [-0.39, 0.29) is 42.6 Å². The molecule has 8 heteroatoms. The van der Waals surface area contributed by atoms with Gasteiger partial charge in [0.1, 0.15) is 11.9 Å². The standard InChI is InChI=1S/C14H20FN3O2.2ClH/c1-2-12(16)14(19)18-7-5-11(6-8-18)20-13-4-3-10(15)9-17-13;;/h3-4,9,11-12H,2,5-8,16H2,1H3;2*1H/t12-;;/m0../s1. The van der Waals surface area contributed by atoms with Gasteiger partial charge in [-0.2, -0.15) is 0 Å². The number of nitrogens with zero attached hydrogens (tertiary/aromatic N) is 2. The zero-order valence-corrected chi connectivity index (χ0v) is 14.0. The number of carbonyl (C=O) groups excluding carboxylic acids is 1. The van der Waals surface area contributed by atoms with Crippen LogP contribution in [0.25, 0.3) is 0 Å². The van der Waals surface area contributed by atoms with Crippen molar-refractivity contribution in [1.29, 1.82) is 0 Å². The predicted molar refractivity (Wildman–Crippen MR) is 87.2 cm³/mol. The van der Waals surface area contributed by atoms with Gasteiger partial charge < -0.3 is 15.4 Å². The largest absolute Gasteiger partial charge is 0.474 e. The zero-order chi connectivity index (χ0) is 14.5. The van der Waals surface area contributed by atoms with Crippen LogP contribution in [0, 0.1) is 5.82 Å². The van der Waals surface area contributed by atoms with Crippen LogP contribution in [0.5, 0.6) is 5.88 Å². The number of ether oxygens (including phenoxy) is 1. The van der Waals surface area contributed by atoms with Crippen LogP contribution in [-0.4, -0.2) is 41.0 Å². The second kappa shape index (κ2) is 9.82. The smallest absolute Gasteiger partial charge is 0.239 e. The van der Waals surface area contributed by atoms with Gasteiger partial charge in [-0.15, -0.1) is 24.8 Å². The maximum Gasteiger partial charge on any atom is 0.239 e. The average Bonchev–Trinajstić information content (AvgIpc) is 2.49. The van der Waals surface area contributed by atoms with E-state index in [1.807, 2.05) is 6.92 Å². The van der Waals surface area contributed by atoms with Crippen molar-refractivity contribution >= 4 is 30.7 Å². The highest BCUT2D eigenvalue weighted by atomic mass is 35.5. The first kappa shape index (κ1) is 20.9. The maximum absolute atomic E-state index is 12.7. The van der Waals surface area contributed by atoms with Gasteiger partial charge in [0.25, 0.3) is 0 Å². The van der Waals surface area contributed by atoms with Gasteiger partial charge in [0, 0.05) is 32.0 Å². The molecule has 5 nitrogen and oxygen atoms in total. The molecular weight excluding hydrogens is 332 g/mol. The van der Waals surface area contributed by atoms with Crippen LogP contribution in [0.4, 0.5) is 4.39 Å². The Balaban J connectivity index is 0.00000220. The van der Waals surface area contributed by atoms with Gasteiger partial charge in [0.15, 0.2) is 0 Å². The Hall–Kier alpha value is -1.11. The van der Waals surface area contributed by atoms with E-state index in [9.17, 15) is 9.18 Å². The van der Waals surface area contributed by atoms with E-state index >= 15 is 0 Å². The summed E-state index contributed by atoms with van der Waals surface area (Å²) in [4.78, 5) is 17.6. The van der Waals surface area contributed by atoms with Gasteiger partial charge in [-0.25, -0.2) is 9.37 Å². The van der Waals surface area contributed by atoms with Crippen LogP contribution in [0.1, 0.15) is 26.2 Å². The summed E-state index contributed by atoms with van der Waals surface area (Å²) in [5, 5.41) is 0. The number of aromatic nitrogens is 1. The molecule has 1 atom stereocenters. The molecule has 1 saturated heterocycles. The highest BCUT2D eigenvalue weighted by Gasteiger charge is 2.26. The number of carbonyl (C=O) groups is 1. The first-order valence-corrected chi connectivity index (χ1v) is 6.92. The fourth-order valence-electron chi connectivity index (χ4n) is 2.21. The molecule has 2 rings (SSSR count). The minimum Gasteiger partial charge on any atom is -0.474 e. The molecular formula is C14H22Cl2FN3O2. The Bertz CT molecular complexity index is 454. The molecule has 0 aliphatic carbocycles. The van der Waals surface area contributed by atoms with E-state index in [1.165, 1.54) is 12.1 Å². The lowest BCUT2D eigenvalue weighted by Gasteiger charge is -2.33. The summed E-state index contributed by atoms with van der Waals surface area (Å²) >= 11 is 0. The number of hydrogen-bond donors (Lipinski definition) is 1. The molecule has 0 unspecified atom stereocenters. The number of halogens is 3. The van der Waals surface area contributed by atoms with Crippen molar-refractivity contribution < 1.29 is 13.9 Å². The van der Waals surface area contributed by atoms with Gasteiger partial charge >= 0.3 is 0 Å². The van der Waals surface area contributed by atoms with Gasteiger partial charge in [-0.05, 0) is 12.5 Å². The molecule has 1 aromatic rings. The molecule has 2 N–H and O–H groups in total. The number of nitrogens with two attached hydrogens (primary N) is 1. The Morgan fingerprint density at radius 1 is 1.45 bits per heavy atom. The van der Waals surface area contributed by atoms with Gasteiger partial charge in [-0.1, -0.05) is 6.92 Å². The number of piperidine rings is 1. The molecule has 22 heavy (non-hydrogen) atoms. The molecule has 1 fully saturated rings. The van der Waals surface area contributed by atoms with Crippen LogP contribution in [0.15, 0.2) is 18.3 Å². The first-order chi connectivity index (χ1) is 9.60. The van der Waals surface area contributed by atoms with E-state index in [4.69, 9.17) is 10.5 Å². The summed E-state index contributed by atoms with van der Waals surface area (Å²) < 4.78 is 18.4. The third kappa shape index (κ3) is 5.59. The Labute approximate surface area is 142 Å². The quantitative estimate of drug-likeness (QED) is 0.900. The second-order valence-electron chi connectivity index (χ2n) is 4.97. The lowest BCUT2D eigenvalue weighted by molar-refractivity contribution is -0.134. The maximum atomic E-state index is 12.7. The summed E-state index contributed by atoms with van der Waals surface area (Å²) in [7, 11) is 0. The third-order valence-corrected chi connectivity index (χ3v) is 3.50. The lowest BCUT2D eigenvalue weighted by atomic mass is 10.1. The number of pyridine rings is 1. The zero-order valence-electron chi connectivity index (χ0n) is 12.4. The fourth-order valence-corrected chi connectivity index (χ4v) is 2.21. The van der Waals surface area contributed by atoms with Crippen LogP contribution >= 0.6 is 24.8 Å². The Morgan fingerprint density at radius 2 is 2.09 bits per heavy atom. The van der Waals surface area contributed by atoms with Crippen molar-refractivity contribution in [3.05, 3.63) is 24.1 Å². The van der Waals surface area contributed by atoms with Crippen molar-refractivity contribution in [3.8, 4) is 5.88 Å². The Morgan fingerprint density at radius 3 is 2.59 bits per heavy atom. The molecule has 1 aliphatic heterocycles.